The van der Waals surface area contributed by atoms with Crippen molar-refractivity contribution in [1.29, 1.82) is 0 Å². The number of carbonyl (C=O) groups excluding carboxylic acids is 3. The lowest BCUT2D eigenvalue weighted by molar-refractivity contribution is -0.298. The highest BCUT2D eigenvalue weighted by Gasteiger charge is 2.62. The van der Waals surface area contributed by atoms with Gasteiger partial charge >= 0.3 is 23.8 Å². The smallest absolute Gasteiger partial charge is 0.421 e. The van der Waals surface area contributed by atoms with E-state index in [4.69, 9.17) is 28.4 Å². The van der Waals surface area contributed by atoms with E-state index in [0.29, 0.717) is 30.2 Å². The van der Waals surface area contributed by atoms with E-state index in [-0.39, 0.29) is 38.9 Å². The Hall–Kier alpha value is -3.86. The monoisotopic (exact) mass is 515 g/mol. The summed E-state index contributed by atoms with van der Waals surface area (Å²) in [5.41, 5.74) is 0.768. The van der Waals surface area contributed by atoms with Crippen molar-refractivity contribution in [3.05, 3.63) is 53.8 Å². The molecule has 2 atom stereocenters. The van der Waals surface area contributed by atoms with Gasteiger partial charge in [0, 0.05) is 25.1 Å². The number of halogens is 1. The van der Waals surface area contributed by atoms with Crippen LogP contribution in [0.5, 0.6) is 17.2 Å². The molecule has 2 aromatic carbocycles. The summed E-state index contributed by atoms with van der Waals surface area (Å²) in [5, 5.41) is 0. The van der Waals surface area contributed by atoms with Crippen molar-refractivity contribution in [3.8, 4) is 17.2 Å². The fraction of sp³-hybridized carbons (Fsp3) is 0.423. The highest BCUT2D eigenvalue weighted by atomic mass is 19.1. The fourth-order valence-corrected chi connectivity index (χ4v) is 5.00. The third kappa shape index (κ3) is 4.91. The van der Waals surface area contributed by atoms with Crippen LogP contribution in [0.3, 0.4) is 0 Å². The van der Waals surface area contributed by atoms with E-state index < -0.39 is 35.6 Å². The van der Waals surface area contributed by atoms with Crippen molar-refractivity contribution >= 4 is 17.9 Å². The Morgan fingerprint density at radius 1 is 1.08 bits per heavy atom. The summed E-state index contributed by atoms with van der Waals surface area (Å²) < 4.78 is 46.8. The first kappa shape index (κ1) is 24.8. The predicted molar refractivity (Wildman–Crippen MR) is 123 cm³/mol. The maximum Gasteiger partial charge on any atom is 0.421 e. The molecule has 2 fully saturated rings. The summed E-state index contributed by atoms with van der Waals surface area (Å²) in [4.78, 5) is 38.4. The van der Waals surface area contributed by atoms with Crippen LogP contribution in [0.15, 0.2) is 42.5 Å². The van der Waals surface area contributed by atoms with E-state index in [1.165, 1.54) is 12.1 Å². The number of piperidine rings is 1. The average molecular weight is 515 g/mol. The first-order valence-corrected chi connectivity index (χ1v) is 12.0. The summed E-state index contributed by atoms with van der Waals surface area (Å²) in [5.74, 6) is -4.34. The Morgan fingerprint density at radius 2 is 1.81 bits per heavy atom. The number of benzene rings is 2. The van der Waals surface area contributed by atoms with Crippen LogP contribution < -0.4 is 14.2 Å². The van der Waals surface area contributed by atoms with E-state index in [0.717, 1.165) is 5.56 Å². The van der Waals surface area contributed by atoms with Crippen molar-refractivity contribution in [2.24, 2.45) is 5.92 Å². The SMILES string of the molecule is CCOC(=O)CCN1CCC(c2ccc(F)cc2)C(COc2ccc3c(c2)OCO3)C12OC(=O)C(=O)O2. The van der Waals surface area contributed by atoms with Gasteiger partial charge in [0.05, 0.1) is 18.9 Å². The van der Waals surface area contributed by atoms with E-state index in [1.807, 2.05) is 0 Å². The molecule has 0 saturated carbocycles. The van der Waals surface area contributed by atoms with Gasteiger partial charge in [0.2, 0.25) is 6.79 Å². The zero-order valence-electron chi connectivity index (χ0n) is 20.1. The summed E-state index contributed by atoms with van der Waals surface area (Å²) >= 11 is 0. The van der Waals surface area contributed by atoms with Gasteiger partial charge in [0.15, 0.2) is 11.5 Å². The molecule has 5 rings (SSSR count). The van der Waals surface area contributed by atoms with E-state index in [1.54, 1.807) is 42.2 Å². The van der Waals surface area contributed by atoms with Crippen LogP contribution in [0.4, 0.5) is 4.39 Å². The molecule has 11 heteroatoms. The van der Waals surface area contributed by atoms with Crippen LogP contribution in [0, 0.1) is 11.7 Å². The maximum atomic E-state index is 13.7. The highest BCUT2D eigenvalue weighted by Crippen LogP contribution is 2.47. The number of fused-ring (bicyclic) bond motifs is 1. The molecule has 0 radical (unpaired) electrons. The molecule has 3 aliphatic rings. The maximum absolute atomic E-state index is 13.7. The van der Waals surface area contributed by atoms with Crippen LogP contribution in [0.1, 0.15) is 31.2 Å². The third-order valence-corrected chi connectivity index (χ3v) is 6.71. The van der Waals surface area contributed by atoms with Crippen molar-refractivity contribution in [1.82, 2.24) is 4.90 Å². The van der Waals surface area contributed by atoms with Crippen LogP contribution in [0.2, 0.25) is 0 Å². The number of likely N-dealkylation sites (tertiary alicyclic amines) is 1. The largest absolute Gasteiger partial charge is 0.493 e. The molecule has 10 nitrogen and oxygen atoms in total. The van der Waals surface area contributed by atoms with Gasteiger partial charge in [-0.3, -0.25) is 4.79 Å². The van der Waals surface area contributed by atoms with E-state index in [9.17, 15) is 18.8 Å². The molecule has 0 bridgehead atoms. The van der Waals surface area contributed by atoms with Crippen LogP contribution in [-0.2, 0) is 28.6 Å². The molecule has 1 spiro atoms. The van der Waals surface area contributed by atoms with Crippen LogP contribution >= 0.6 is 0 Å². The molecule has 0 aromatic heterocycles. The Kier molecular flexibility index (Phi) is 6.88. The van der Waals surface area contributed by atoms with Gasteiger partial charge in [-0.1, -0.05) is 12.1 Å². The van der Waals surface area contributed by atoms with Gasteiger partial charge < -0.3 is 28.4 Å². The number of ether oxygens (including phenoxy) is 6. The number of nitrogens with zero attached hydrogens (tertiary/aromatic N) is 1. The minimum atomic E-state index is -1.81. The minimum Gasteiger partial charge on any atom is -0.493 e. The van der Waals surface area contributed by atoms with Gasteiger partial charge in [-0.2, -0.15) is 0 Å². The number of hydrogen-bond donors (Lipinski definition) is 0. The zero-order chi connectivity index (χ0) is 26.0. The molecule has 2 unspecified atom stereocenters. The Labute approximate surface area is 212 Å². The summed E-state index contributed by atoms with van der Waals surface area (Å²) in [6.45, 7) is 2.47. The molecule has 3 aliphatic heterocycles. The normalized spacial score (nSPS) is 22.0. The van der Waals surface area contributed by atoms with Gasteiger partial charge in [-0.05, 0) is 43.2 Å². The van der Waals surface area contributed by atoms with Gasteiger partial charge in [-0.15, -0.1) is 0 Å². The van der Waals surface area contributed by atoms with E-state index >= 15 is 0 Å². The zero-order valence-corrected chi connectivity index (χ0v) is 20.1. The lowest BCUT2D eigenvalue weighted by Crippen LogP contribution is -2.62. The van der Waals surface area contributed by atoms with Gasteiger partial charge in [-0.25, -0.2) is 18.9 Å². The van der Waals surface area contributed by atoms with Gasteiger partial charge in [0.25, 0.3) is 0 Å². The van der Waals surface area contributed by atoms with Crippen molar-refractivity contribution in [3.63, 3.8) is 0 Å². The molecule has 0 amide bonds. The number of esters is 3. The molecule has 2 aromatic rings. The standard InChI is InChI=1S/C26H26FNO9/c1-2-32-23(29)10-12-28-11-9-19(16-3-5-17(27)6-4-16)20(26(28)36-24(30)25(31)37-26)14-33-18-7-8-21-22(13-18)35-15-34-21/h3-8,13,19-20H,2,9-12,14-15H2,1H3. The lowest BCUT2D eigenvalue weighted by Gasteiger charge is -2.48. The third-order valence-electron chi connectivity index (χ3n) is 6.71. The second kappa shape index (κ2) is 10.3. The number of carbonyl (C=O) groups is 3. The molecule has 3 heterocycles. The summed E-state index contributed by atoms with van der Waals surface area (Å²) in [7, 11) is 0. The average Bonchev–Trinajstić information content (AvgIpc) is 3.47. The topological polar surface area (TPSA) is 110 Å². The molecular weight excluding hydrogens is 489 g/mol. The van der Waals surface area contributed by atoms with Crippen molar-refractivity contribution in [2.45, 2.75) is 31.6 Å². The lowest BCUT2D eigenvalue weighted by atomic mass is 9.77. The number of hydrogen-bond acceptors (Lipinski definition) is 10. The van der Waals surface area contributed by atoms with Crippen molar-refractivity contribution in [2.75, 3.05) is 33.1 Å². The predicted octanol–water partition coefficient (Wildman–Crippen LogP) is 2.75. The Bertz CT molecular complexity index is 1170. The molecule has 196 valence electrons. The molecule has 0 aliphatic carbocycles. The quantitative estimate of drug-likeness (QED) is 0.385. The molecule has 0 N–H and O–H groups in total. The summed E-state index contributed by atoms with van der Waals surface area (Å²) in [6.07, 6.45) is 0.544. The fourth-order valence-electron chi connectivity index (χ4n) is 5.00. The second-order valence-electron chi connectivity index (χ2n) is 8.83. The molecule has 37 heavy (non-hydrogen) atoms. The number of rotatable bonds is 8. The molecular formula is C26H26FNO9. The van der Waals surface area contributed by atoms with Crippen LogP contribution in [0.25, 0.3) is 0 Å². The first-order valence-electron chi connectivity index (χ1n) is 12.0. The molecule has 2 saturated heterocycles. The first-order chi connectivity index (χ1) is 17.9. The van der Waals surface area contributed by atoms with E-state index in [2.05, 4.69) is 0 Å². The van der Waals surface area contributed by atoms with Gasteiger partial charge in [0.1, 0.15) is 18.2 Å². The Morgan fingerprint density at radius 3 is 2.54 bits per heavy atom. The Balaban J connectivity index is 1.47. The minimum absolute atomic E-state index is 0.00163. The highest BCUT2D eigenvalue weighted by molar-refractivity contribution is 6.31. The second-order valence-corrected chi connectivity index (χ2v) is 8.83. The van der Waals surface area contributed by atoms with Crippen molar-refractivity contribution < 1.29 is 47.2 Å². The van der Waals surface area contributed by atoms with Crippen LogP contribution in [-0.4, -0.2) is 61.8 Å². The summed E-state index contributed by atoms with van der Waals surface area (Å²) in [6, 6.07) is 11.1.